The SMILES string of the molecule is CCCCCCCCCCCC[N+](C)(C)[C@@H](CO)C(=O)OCCOC(=O)[C@H](CO)[N+](C)(C)CCCCCCCCCCCC.O=C([O-])C(F)(F)F.O=C([O-])C(F)(F)F. The minimum atomic E-state index is -5.19. The highest BCUT2D eigenvalue weighted by Crippen LogP contribution is 2.17. The Morgan fingerprint density at radius 2 is 0.690 bits per heavy atom. The van der Waals surface area contributed by atoms with Gasteiger partial charge in [0.25, 0.3) is 0 Å². The maximum atomic E-state index is 12.8. The van der Waals surface area contributed by atoms with Gasteiger partial charge in [0, 0.05) is 0 Å². The van der Waals surface area contributed by atoms with Crippen LogP contribution in [-0.2, 0) is 28.7 Å². The lowest BCUT2D eigenvalue weighted by Crippen LogP contribution is -2.56. The van der Waals surface area contributed by atoms with Crippen molar-refractivity contribution in [3.63, 3.8) is 0 Å². The number of carboxylic acids is 2. The van der Waals surface area contributed by atoms with E-state index in [1.807, 2.05) is 28.2 Å². The summed E-state index contributed by atoms with van der Waals surface area (Å²) in [5.74, 6) is -6.96. The van der Waals surface area contributed by atoms with E-state index in [1.165, 1.54) is 103 Å². The van der Waals surface area contributed by atoms with E-state index in [0.717, 1.165) is 38.8 Å². The van der Waals surface area contributed by atoms with Gasteiger partial charge in [-0.3, -0.25) is 0 Å². The summed E-state index contributed by atoms with van der Waals surface area (Å²) in [5.41, 5.74) is 0. The lowest BCUT2D eigenvalue weighted by Gasteiger charge is -2.36. The van der Waals surface area contributed by atoms with Crippen molar-refractivity contribution in [2.75, 3.05) is 67.7 Å². The van der Waals surface area contributed by atoms with Crippen molar-refractivity contribution in [3.05, 3.63) is 0 Å². The second-order valence-electron chi connectivity index (χ2n) is 15.7. The van der Waals surface area contributed by atoms with E-state index in [1.54, 1.807) is 0 Å². The molecule has 0 fully saturated rings. The van der Waals surface area contributed by atoms with Gasteiger partial charge in [-0.15, -0.1) is 0 Å². The number of carboxylic acid groups (broad SMARTS) is 2. The first kappa shape index (κ1) is 59.6. The number of hydrogen-bond acceptors (Lipinski definition) is 10. The number of halogens is 6. The Hall–Kier alpha value is -2.70. The van der Waals surface area contributed by atoms with Crippen LogP contribution in [0, 0.1) is 0 Å². The number of carbonyl (C=O) groups is 4. The van der Waals surface area contributed by atoms with Crippen molar-refractivity contribution in [1.82, 2.24) is 0 Å². The van der Waals surface area contributed by atoms with Gasteiger partial charge >= 0.3 is 24.3 Å². The largest absolute Gasteiger partial charge is 0.542 e. The number of ether oxygens (including phenoxy) is 2. The molecule has 2 N–H and O–H groups in total. The van der Waals surface area contributed by atoms with Crippen LogP contribution in [0.2, 0.25) is 0 Å². The van der Waals surface area contributed by atoms with Gasteiger partial charge in [0.05, 0.1) is 41.3 Å². The summed E-state index contributed by atoms with van der Waals surface area (Å²) in [7, 11) is 7.82. The Balaban J connectivity index is -0.00000182. The zero-order valence-corrected chi connectivity index (χ0v) is 35.9. The molecule has 18 heteroatoms. The van der Waals surface area contributed by atoms with E-state index in [2.05, 4.69) is 13.8 Å². The molecule has 0 rings (SSSR count). The molecule has 0 radical (unpaired) electrons. The standard InChI is InChI=1S/C36H74N2O6.2C2HF3O2/c1-7-9-11-13-15-17-19-21-23-25-27-37(3,4)33(31-39)35(41)43-29-30-44-36(42)34(32-40)38(5,6)28-26-24-22-20-18-16-14-12-10-8-2;2*3-2(4,5)1(6)7/h33-34,39-40H,7-32H2,1-6H3;2*(H,6,7)/q+2;;/p-2/t33-,34-;;/m0../s1. The van der Waals surface area contributed by atoms with Gasteiger partial charge in [-0.2, -0.15) is 26.3 Å². The molecule has 58 heavy (non-hydrogen) atoms. The molecule has 0 aliphatic carbocycles. The smallest absolute Gasteiger partial charge is 0.430 e. The fourth-order valence-electron chi connectivity index (χ4n) is 5.96. The molecule has 0 saturated heterocycles. The number of esters is 2. The van der Waals surface area contributed by atoms with Crippen LogP contribution in [0.3, 0.4) is 0 Å². The fraction of sp³-hybridized carbons (Fsp3) is 0.900. The van der Waals surface area contributed by atoms with Gasteiger partial charge in [0.2, 0.25) is 12.1 Å². The molecule has 0 aliphatic rings. The second-order valence-corrected chi connectivity index (χ2v) is 15.7. The molecule has 0 amide bonds. The first-order chi connectivity index (χ1) is 27.0. The molecule has 0 spiro atoms. The van der Waals surface area contributed by atoms with Gasteiger partial charge in [-0.25, -0.2) is 9.59 Å². The highest BCUT2D eigenvalue weighted by molar-refractivity contribution is 5.75. The number of unbranched alkanes of at least 4 members (excludes halogenated alkanes) is 18. The number of likely N-dealkylation sites (N-methyl/N-ethyl adjacent to an activating group) is 2. The molecule has 0 heterocycles. The number of aliphatic hydroxyl groups is 2. The van der Waals surface area contributed by atoms with E-state index in [9.17, 15) is 46.1 Å². The van der Waals surface area contributed by atoms with Gasteiger partial charge in [-0.05, 0) is 25.7 Å². The van der Waals surface area contributed by atoms with Crippen LogP contribution in [0.4, 0.5) is 26.3 Å². The molecule has 0 aromatic carbocycles. The summed E-state index contributed by atoms with van der Waals surface area (Å²) >= 11 is 0. The highest BCUT2D eigenvalue weighted by Gasteiger charge is 2.37. The normalized spacial score (nSPS) is 13.0. The maximum Gasteiger partial charge on any atom is 0.430 e. The maximum absolute atomic E-state index is 12.8. The van der Waals surface area contributed by atoms with Crippen LogP contribution < -0.4 is 10.2 Å². The molecule has 0 aromatic rings. The van der Waals surface area contributed by atoms with Crippen molar-refractivity contribution < 1.29 is 84.4 Å². The van der Waals surface area contributed by atoms with Crippen LogP contribution >= 0.6 is 0 Å². The van der Waals surface area contributed by atoms with Crippen LogP contribution in [0.25, 0.3) is 0 Å². The minimum Gasteiger partial charge on any atom is -0.542 e. The third-order valence-corrected chi connectivity index (χ3v) is 9.79. The third-order valence-electron chi connectivity index (χ3n) is 9.79. The average Bonchev–Trinajstić information content (AvgIpc) is 3.11. The predicted molar refractivity (Wildman–Crippen MR) is 203 cm³/mol. The van der Waals surface area contributed by atoms with Crippen molar-refractivity contribution >= 4 is 23.9 Å². The average molecular weight is 857 g/mol. The minimum absolute atomic E-state index is 0.0661. The van der Waals surface area contributed by atoms with Crippen molar-refractivity contribution in [1.29, 1.82) is 0 Å². The number of aliphatic carboxylic acids is 2. The Morgan fingerprint density at radius 3 is 0.879 bits per heavy atom. The molecule has 0 aliphatic heterocycles. The molecule has 12 nitrogen and oxygen atoms in total. The van der Waals surface area contributed by atoms with E-state index in [-0.39, 0.29) is 26.4 Å². The van der Waals surface area contributed by atoms with Gasteiger partial charge in [-0.1, -0.05) is 117 Å². The first-order valence-corrected chi connectivity index (χ1v) is 20.7. The molecule has 0 unspecified atom stereocenters. The summed E-state index contributed by atoms with van der Waals surface area (Å²) in [6, 6.07) is -1.35. The summed E-state index contributed by atoms with van der Waals surface area (Å²) in [4.78, 5) is 43.1. The first-order valence-electron chi connectivity index (χ1n) is 20.7. The molecular formula is C40H74F6N2O10. The molecular weight excluding hydrogens is 782 g/mol. The van der Waals surface area contributed by atoms with Crippen LogP contribution in [0.5, 0.6) is 0 Å². The molecule has 0 bridgehead atoms. The summed E-state index contributed by atoms with van der Waals surface area (Å²) in [6.45, 7) is 5.35. The van der Waals surface area contributed by atoms with Crippen LogP contribution in [0.15, 0.2) is 0 Å². The Bertz CT molecular complexity index is 994. The van der Waals surface area contributed by atoms with Gasteiger partial charge < -0.3 is 48.5 Å². The zero-order chi connectivity index (χ0) is 45.3. The molecule has 0 aromatic heterocycles. The molecule has 2 atom stereocenters. The van der Waals surface area contributed by atoms with E-state index >= 15 is 0 Å². The monoisotopic (exact) mass is 857 g/mol. The fourth-order valence-corrected chi connectivity index (χ4v) is 5.96. The van der Waals surface area contributed by atoms with Crippen LogP contribution in [0.1, 0.15) is 142 Å². The topological polar surface area (TPSA) is 173 Å². The van der Waals surface area contributed by atoms with Crippen molar-refractivity contribution in [2.24, 2.45) is 0 Å². The lowest BCUT2D eigenvalue weighted by atomic mass is 10.1. The number of carbonyl (C=O) groups excluding carboxylic acids is 4. The van der Waals surface area contributed by atoms with Crippen molar-refractivity contribution in [2.45, 2.75) is 167 Å². The number of rotatable bonds is 31. The van der Waals surface area contributed by atoms with Crippen molar-refractivity contribution in [3.8, 4) is 0 Å². The highest BCUT2D eigenvalue weighted by atomic mass is 19.4. The number of alkyl halides is 6. The van der Waals surface area contributed by atoms with E-state index in [4.69, 9.17) is 29.3 Å². The van der Waals surface area contributed by atoms with Crippen LogP contribution in [-0.4, -0.2) is 135 Å². The second kappa shape index (κ2) is 34.1. The molecule has 0 saturated carbocycles. The Morgan fingerprint density at radius 1 is 0.483 bits per heavy atom. The Kier molecular flexibility index (Phi) is 35.0. The quantitative estimate of drug-likeness (QED) is 0.0399. The Labute approximate surface area is 342 Å². The molecule has 346 valence electrons. The van der Waals surface area contributed by atoms with Gasteiger partial charge in [0.15, 0.2) is 0 Å². The van der Waals surface area contributed by atoms with E-state index < -0.39 is 48.3 Å². The zero-order valence-electron chi connectivity index (χ0n) is 35.9. The number of aliphatic hydroxyl groups excluding tert-OH is 2. The number of quaternary nitrogens is 2. The predicted octanol–water partition coefficient (Wildman–Crippen LogP) is 5.39. The van der Waals surface area contributed by atoms with E-state index in [0.29, 0.717) is 8.97 Å². The summed E-state index contributed by atoms with van der Waals surface area (Å²) in [6.07, 6.45) is 14.7. The lowest BCUT2D eigenvalue weighted by molar-refractivity contribution is -0.907. The summed E-state index contributed by atoms with van der Waals surface area (Å²) in [5, 5.41) is 37.5. The third kappa shape index (κ3) is 33.2. The van der Waals surface area contributed by atoms with Gasteiger partial charge in [0.1, 0.15) is 38.4 Å². The number of hydrogen-bond donors (Lipinski definition) is 2. The summed E-state index contributed by atoms with van der Waals surface area (Å²) < 4.78 is 74.6. The number of nitrogens with zero attached hydrogens (tertiary/aromatic N) is 2.